The van der Waals surface area contributed by atoms with Crippen LogP contribution < -0.4 is 11.0 Å². The van der Waals surface area contributed by atoms with Gasteiger partial charge in [-0.05, 0) is 12.8 Å². The third-order valence-corrected chi connectivity index (χ3v) is 3.27. The second-order valence-electron chi connectivity index (χ2n) is 4.51. The summed E-state index contributed by atoms with van der Waals surface area (Å²) in [6, 6.07) is 2.30. The number of aromatic amines is 1. The highest BCUT2D eigenvalue weighted by atomic mass is 16.1. The molecular weight excluding hydrogens is 218 g/mol. The van der Waals surface area contributed by atoms with E-state index in [2.05, 4.69) is 20.5 Å². The molecule has 6 nitrogen and oxygen atoms in total. The molecule has 0 amide bonds. The Morgan fingerprint density at radius 3 is 3.00 bits per heavy atom. The largest absolute Gasteiger partial charge is 0.367 e. The molecule has 0 atom stereocenters. The molecule has 1 aliphatic rings. The molecule has 17 heavy (non-hydrogen) atoms. The smallest absolute Gasteiger partial charge is 0.348 e. The van der Waals surface area contributed by atoms with Gasteiger partial charge in [-0.25, -0.2) is 19.3 Å². The Hall–Kier alpha value is -1.85. The lowest BCUT2D eigenvalue weighted by molar-refractivity contribution is 0.462. The lowest BCUT2D eigenvalue weighted by Gasteiger charge is -2.23. The molecule has 90 valence electrons. The summed E-state index contributed by atoms with van der Waals surface area (Å²) in [4.78, 5) is 15.5. The van der Waals surface area contributed by atoms with Gasteiger partial charge < -0.3 is 5.32 Å². The molecule has 0 aromatic carbocycles. The van der Waals surface area contributed by atoms with E-state index in [1.54, 1.807) is 6.07 Å². The number of nitrogens with one attached hydrogen (secondary N) is 2. The number of anilines is 1. The third kappa shape index (κ3) is 2.02. The minimum Gasteiger partial charge on any atom is -0.367 e. The van der Waals surface area contributed by atoms with Crippen LogP contribution in [0, 0.1) is 0 Å². The van der Waals surface area contributed by atoms with Crippen molar-refractivity contribution in [1.82, 2.24) is 19.6 Å². The summed E-state index contributed by atoms with van der Waals surface area (Å²) in [6.45, 7) is 0. The number of rotatable bonds is 2. The van der Waals surface area contributed by atoms with Gasteiger partial charge in [-0.2, -0.15) is 5.10 Å². The molecule has 0 spiro atoms. The summed E-state index contributed by atoms with van der Waals surface area (Å²) in [6.07, 6.45) is 7.79. The van der Waals surface area contributed by atoms with E-state index in [1.807, 2.05) is 0 Å². The summed E-state index contributed by atoms with van der Waals surface area (Å²) in [5.74, 6) is 0.795. The van der Waals surface area contributed by atoms with Crippen LogP contribution in [-0.2, 0) is 0 Å². The number of hydrogen-bond donors (Lipinski definition) is 2. The molecule has 6 heteroatoms. The van der Waals surface area contributed by atoms with Gasteiger partial charge in [0.25, 0.3) is 0 Å². The maximum Gasteiger partial charge on any atom is 0.348 e. The molecule has 3 rings (SSSR count). The third-order valence-electron chi connectivity index (χ3n) is 3.27. The molecule has 2 heterocycles. The monoisotopic (exact) mass is 233 g/mol. The Morgan fingerprint density at radius 1 is 1.35 bits per heavy atom. The van der Waals surface area contributed by atoms with Crippen LogP contribution >= 0.6 is 0 Å². The van der Waals surface area contributed by atoms with Gasteiger partial charge in [0.15, 0.2) is 5.65 Å². The van der Waals surface area contributed by atoms with Gasteiger partial charge >= 0.3 is 5.69 Å². The average Bonchev–Trinajstić information content (AvgIpc) is 2.72. The first kappa shape index (κ1) is 10.3. The summed E-state index contributed by atoms with van der Waals surface area (Å²) in [7, 11) is 0. The van der Waals surface area contributed by atoms with Gasteiger partial charge in [-0.3, -0.25) is 0 Å². The van der Waals surface area contributed by atoms with Crippen LogP contribution in [-0.4, -0.2) is 25.6 Å². The van der Waals surface area contributed by atoms with Crippen LogP contribution in [0.5, 0.6) is 0 Å². The minimum atomic E-state index is -0.253. The summed E-state index contributed by atoms with van der Waals surface area (Å²) >= 11 is 0. The summed E-state index contributed by atoms with van der Waals surface area (Å²) < 4.78 is 1.39. The number of hydrogen-bond acceptors (Lipinski definition) is 4. The topological polar surface area (TPSA) is 75.1 Å². The van der Waals surface area contributed by atoms with Gasteiger partial charge in [-0.1, -0.05) is 19.3 Å². The molecular formula is C11H15N5O. The molecule has 1 saturated carbocycles. The maximum atomic E-state index is 11.3. The van der Waals surface area contributed by atoms with E-state index >= 15 is 0 Å². The van der Waals surface area contributed by atoms with Crippen molar-refractivity contribution in [2.75, 3.05) is 5.32 Å². The fraction of sp³-hybridized carbons (Fsp3) is 0.545. The van der Waals surface area contributed by atoms with Crippen LogP contribution in [0.2, 0.25) is 0 Å². The van der Waals surface area contributed by atoms with E-state index in [1.165, 1.54) is 42.8 Å². The van der Waals surface area contributed by atoms with Gasteiger partial charge in [0.2, 0.25) is 0 Å². The fourth-order valence-electron chi connectivity index (χ4n) is 2.34. The van der Waals surface area contributed by atoms with Crippen molar-refractivity contribution in [1.29, 1.82) is 0 Å². The standard InChI is InChI=1S/C11H15N5O/c17-11-15-14-10-6-9(12-7-16(10)11)13-8-4-2-1-3-5-8/h6-8,13H,1-5H2,(H,15,17). The molecule has 0 saturated heterocycles. The Balaban J connectivity index is 1.82. The second-order valence-corrected chi connectivity index (χ2v) is 4.51. The molecule has 1 fully saturated rings. The molecule has 2 aromatic rings. The van der Waals surface area contributed by atoms with E-state index < -0.39 is 0 Å². The Kier molecular flexibility index (Phi) is 2.55. The van der Waals surface area contributed by atoms with Crippen molar-refractivity contribution >= 4 is 11.5 Å². The number of nitrogens with zero attached hydrogens (tertiary/aromatic N) is 3. The molecule has 0 bridgehead atoms. The summed E-state index contributed by atoms with van der Waals surface area (Å²) in [5.41, 5.74) is 0.347. The van der Waals surface area contributed by atoms with Crippen LogP contribution in [0.3, 0.4) is 0 Å². The quantitative estimate of drug-likeness (QED) is 0.816. The molecule has 2 N–H and O–H groups in total. The van der Waals surface area contributed by atoms with E-state index in [0.717, 1.165) is 5.82 Å². The first-order chi connectivity index (χ1) is 8.33. The highest BCUT2D eigenvalue weighted by Gasteiger charge is 2.13. The highest BCUT2D eigenvalue weighted by molar-refractivity contribution is 5.48. The van der Waals surface area contributed by atoms with Gasteiger partial charge in [0, 0.05) is 12.1 Å². The van der Waals surface area contributed by atoms with Crippen molar-refractivity contribution in [2.45, 2.75) is 38.1 Å². The van der Waals surface area contributed by atoms with Crippen LogP contribution in [0.1, 0.15) is 32.1 Å². The van der Waals surface area contributed by atoms with Gasteiger partial charge in [0.05, 0.1) is 0 Å². The van der Waals surface area contributed by atoms with Crippen LogP contribution in [0.25, 0.3) is 5.65 Å². The van der Waals surface area contributed by atoms with E-state index in [4.69, 9.17) is 0 Å². The summed E-state index contributed by atoms with van der Waals surface area (Å²) in [5, 5.41) is 9.72. The van der Waals surface area contributed by atoms with Crippen LogP contribution in [0.4, 0.5) is 5.82 Å². The lowest BCUT2D eigenvalue weighted by Crippen LogP contribution is -2.23. The zero-order valence-electron chi connectivity index (χ0n) is 9.52. The van der Waals surface area contributed by atoms with E-state index in [-0.39, 0.29) is 5.69 Å². The molecule has 1 aliphatic carbocycles. The average molecular weight is 233 g/mol. The predicted octanol–water partition coefficient (Wildman–Crippen LogP) is 1.16. The Labute approximate surface area is 98.1 Å². The van der Waals surface area contributed by atoms with E-state index in [9.17, 15) is 4.79 Å². The second kappa shape index (κ2) is 4.20. The molecule has 0 unspecified atom stereocenters. The zero-order chi connectivity index (χ0) is 11.7. The SMILES string of the molecule is O=c1[nH]nc2cc(NC3CCCCC3)ncn12. The maximum absolute atomic E-state index is 11.3. The zero-order valence-corrected chi connectivity index (χ0v) is 9.52. The Bertz CT molecular complexity index is 566. The molecule has 2 aromatic heterocycles. The number of H-pyrrole nitrogens is 1. The molecule has 0 aliphatic heterocycles. The predicted molar refractivity (Wildman–Crippen MR) is 64.1 cm³/mol. The minimum absolute atomic E-state index is 0.253. The first-order valence-corrected chi connectivity index (χ1v) is 6.02. The van der Waals surface area contributed by atoms with Gasteiger partial charge in [0.1, 0.15) is 12.1 Å². The van der Waals surface area contributed by atoms with Crippen LogP contribution in [0.15, 0.2) is 17.2 Å². The molecule has 0 radical (unpaired) electrons. The Morgan fingerprint density at radius 2 is 2.18 bits per heavy atom. The van der Waals surface area contributed by atoms with Gasteiger partial charge in [-0.15, -0.1) is 0 Å². The van der Waals surface area contributed by atoms with Crippen molar-refractivity contribution in [2.24, 2.45) is 0 Å². The number of fused-ring (bicyclic) bond motifs is 1. The fourth-order valence-corrected chi connectivity index (χ4v) is 2.34. The normalized spacial score (nSPS) is 17.4. The first-order valence-electron chi connectivity index (χ1n) is 6.02. The van der Waals surface area contributed by atoms with E-state index in [0.29, 0.717) is 11.7 Å². The highest BCUT2D eigenvalue weighted by Crippen LogP contribution is 2.20. The van der Waals surface area contributed by atoms with Crippen molar-refractivity contribution < 1.29 is 0 Å². The lowest BCUT2D eigenvalue weighted by atomic mass is 9.95. The van der Waals surface area contributed by atoms with Crippen molar-refractivity contribution in [3.63, 3.8) is 0 Å². The van der Waals surface area contributed by atoms with Crippen molar-refractivity contribution in [3.05, 3.63) is 22.9 Å². The van der Waals surface area contributed by atoms with Crippen molar-refractivity contribution in [3.8, 4) is 0 Å². The number of aromatic nitrogens is 4.